The van der Waals surface area contributed by atoms with Crippen LogP contribution in [0.1, 0.15) is 26.2 Å². The highest BCUT2D eigenvalue weighted by Crippen LogP contribution is 2.18. The molecule has 118 valence electrons. The fraction of sp³-hybridized carbons (Fsp3) is 0.533. The molecule has 21 heavy (non-hydrogen) atoms. The first-order valence-electron chi connectivity index (χ1n) is 7.14. The molecular formula is C15H23ClN2O3. The molecule has 5 nitrogen and oxygen atoms in total. The Morgan fingerprint density at radius 1 is 1.52 bits per heavy atom. The third-order valence-corrected chi connectivity index (χ3v) is 3.29. The van der Waals surface area contributed by atoms with Crippen molar-refractivity contribution in [2.45, 2.75) is 38.3 Å². The quantitative estimate of drug-likeness (QED) is 0.702. The first-order valence-corrected chi connectivity index (χ1v) is 7.14. The maximum atomic E-state index is 12.0. The standard InChI is InChI=1S/C15H22N2O3.ClH/c1-2-3-7-20-13-6-4-5-11(8-13)17-15(19)14-9-12(18)10-16-14;/h4-6,8,12,14,16,18H,2-3,7,9-10H2,1H3,(H,17,19);1H. The predicted octanol–water partition coefficient (Wildman–Crippen LogP) is 1.95. The summed E-state index contributed by atoms with van der Waals surface area (Å²) in [7, 11) is 0. The summed E-state index contributed by atoms with van der Waals surface area (Å²) in [5.41, 5.74) is 0.715. The van der Waals surface area contributed by atoms with Crippen molar-refractivity contribution in [3.8, 4) is 5.75 Å². The zero-order valence-corrected chi connectivity index (χ0v) is 13.0. The number of aliphatic hydroxyl groups is 1. The van der Waals surface area contributed by atoms with Crippen LogP contribution in [0.3, 0.4) is 0 Å². The summed E-state index contributed by atoms with van der Waals surface area (Å²) in [6, 6.07) is 7.06. The second-order valence-electron chi connectivity index (χ2n) is 5.07. The second-order valence-corrected chi connectivity index (χ2v) is 5.07. The van der Waals surface area contributed by atoms with Crippen molar-refractivity contribution in [3.63, 3.8) is 0 Å². The first kappa shape index (κ1) is 17.8. The number of hydrogen-bond acceptors (Lipinski definition) is 4. The van der Waals surface area contributed by atoms with Gasteiger partial charge in [-0.05, 0) is 25.0 Å². The van der Waals surface area contributed by atoms with Crippen molar-refractivity contribution >= 4 is 24.0 Å². The smallest absolute Gasteiger partial charge is 0.241 e. The van der Waals surface area contributed by atoms with Gasteiger partial charge in [0.15, 0.2) is 0 Å². The molecule has 0 saturated carbocycles. The molecule has 1 heterocycles. The number of unbranched alkanes of at least 4 members (excludes halogenated alkanes) is 1. The Morgan fingerprint density at radius 3 is 3.00 bits per heavy atom. The number of halogens is 1. The van der Waals surface area contributed by atoms with E-state index in [1.807, 2.05) is 24.3 Å². The summed E-state index contributed by atoms with van der Waals surface area (Å²) in [4.78, 5) is 12.0. The van der Waals surface area contributed by atoms with Gasteiger partial charge in [0.05, 0.1) is 18.8 Å². The molecular weight excluding hydrogens is 292 g/mol. The van der Waals surface area contributed by atoms with Gasteiger partial charge < -0.3 is 20.5 Å². The molecule has 2 unspecified atom stereocenters. The topological polar surface area (TPSA) is 70.6 Å². The van der Waals surface area contributed by atoms with E-state index in [0.29, 0.717) is 25.3 Å². The van der Waals surface area contributed by atoms with Crippen molar-refractivity contribution < 1.29 is 14.6 Å². The van der Waals surface area contributed by atoms with Crippen molar-refractivity contribution in [1.29, 1.82) is 0 Å². The number of ether oxygens (including phenoxy) is 1. The van der Waals surface area contributed by atoms with Crippen LogP contribution in [-0.2, 0) is 4.79 Å². The number of carbonyl (C=O) groups is 1. The summed E-state index contributed by atoms with van der Waals surface area (Å²) in [5.74, 6) is 0.642. The highest BCUT2D eigenvalue weighted by Gasteiger charge is 2.27. The Hall–Kier alpha value is -1.30. The Balaban J connectivity index is 0.00000220. The van der Waals surface area contributed by atoms with Crippen LogP contribution in [0.15, 0.2) is 24.3 Å². The van der Waals surface area contributed by atoms with Crippen LogP contribution in [0.5, 0.6) is 5.75 Å². The third-order valence-electron chi connectivity index (χ3n) is 3.29. The van der Waals surface area contributed by atoms with E-state index in [4.69, 9.17) is 4.74 Å². The molecule has 0 aliphatic carbocycles. The molecule has 1 aromatic carbocycles. The molecule has 2 atom stereocenters. The fourth-order valence-corrected chi connectivity index (χ4v) is 2.14. The van der Waals surface area contributed by atoms with Gasteiger partial charge in [0.1, 0.15) is 5.75 Å². The van der Waals surface area contributed by atoms with Crippen molar-refractivity contribution in [3.05, 3.63) is 24.3 Å². The molecule has 3 N–H and O–H groups in total. The Kier molecular flexibility index (Phi) is 7.50. The summed E-state index contributed by atoms with van der Waals surface area (Å²) < 4.78 is 5.60. The van der Waals surface area contributed by atoms with E-state index < -0.39 is 6.10 Å². The number of benzene rings is 1. The van der Waals surface area contributed by atoms with Gasteiger partial charge in [-0.2, -0.15) is 0 Å². The minimum atomic E-state index is -0.436. The van der Waals surface area contributed by atoms with Crippen LogP contribution in [0, 0.1) is 0 Å². The molecule has 2 rings (SSSR count). The average molecular weight is 315 g/mol. The molecule has 0 bridgehead atoms. The highest BCUT2D eigenvalue weighted by atomic mass is 35.5. The van der Waals surface area contributed by atoms with Crippen LogP contribution < -0.4 is 15.4 Å². The van der Waals surface area contributed by atoms with Gasteiger partial charge in [-0.15, -0.1) is 12.4 Å². The highest BCUT2D eigenvalue weighted by molar-refractivity contribution is 5.95. The zero-order chi connectivity index (χ0) is 14.4. The minimum Gasteiger partial charge on any atom is -0.494 e. The second kappa shape index (κ2) is 8.87. The Morgan fingerprint density at radius 2 is 2.33 bits per heavy atom. The Bertz CT molecular complexity index is 456. The summed E-state index contributed by atoms with van der Waals surface area (Å²) in [5, 5.41) is 15.2. The third kappa shape index (κ3) is 5.53. The number of hydrogen-bond donors (Lipinski definition) is 3. The summed E-state index contributed by atoms with van der Waals surface area (Å²) in [6.45, 7) is 3.27. The van der Waals surface area contributed by atoms with Crippen molar-refractivity contribution in [2.24, 2.45) is 0 Å². The van der Waals surface area contributed by atoms with Gasteiger partial charge in [0.25, 0.3) is 0 Å². The molecule has 1 aliphatic heterocycles. The van der Waals surface area contributed by atoms with Gasteiger partial charge in [-0.1, -0.05) is 19.4 Å². The summed E-state index contributed by atoms with van der Waals surface area (Å²) in [6.07, 6.45) is 2.12. The number of anilines is 1. The fourth-order valence-electron chi connectivity index (χ4n) is 2.14. The van der Waals surface area contributed by atoms with E-state index in [1.165, 1.54) is 0 Å². The number of carbonyl (C=O) groups excluding carboxylic acids is 1. The monoisotopic (exact) mass is 314 g/mol. The van der Waals surface area contributed by atoms with Crippen molar-refractivity contribution in [1.82, 2.24) is 5.32 Å². The molecule has 1 fully saturated rings. The van der Waals surface area contributed by atoms with Gasteiger partial charge in [-0.3, -0.25) is 4.79 Å². The van der Waals surface area contributed by atoms with Gasteiger partial charge in [0, 0.05) is 18.3 Å². The van der Waals surface area contributed by atoms with Gasteiger partial charge in [0.2, 0.25) is 5.91 Å². The zero-order valence-electron chi connectivity index (χ0n) is 12.2. The van der Waals surface area contributed by atoms with E-state index in [0.717, 1.165) is 18.6 Å². The van der Waals surface area contributed by atoms with E-state index in [2.05, 4.69) is 17.6 Å². The van der Waals surface area contributed by atoms with Gasteiger partial charge >= 0.3 is 0 Å². The average Bonchev–Trinajstić information content (AvgIpc) is 2.86. The SMILES string of the molecule is CCCCOc1cccc(NC(=O)C2CC(O)CN2)c1.Cl. The lowest BCUT2D eigenvalue weighted by atomic mass is 10.2. The van der Waals surface area contributed by atoms with Crippen molar-refractivity contribution in [2.75, 3.05) is 18.5 Å². The largest absolute Gasteiger partial charge is 0.494 e. The van der Waals surface area contributed by atoms with Crippen LogP contribution in [-0.4, -0.2) is 36.3 Å². The van der Waals surface area contributed by atoms with Gasteiger partial charge in [-0.25, -0.2) is 0 Å². The number of β-amino-alcohol motifs (C(OH)–C–C–N with tert-alkyl or cyclic N) is 1. The van der Waals surface area contributed by atoms with E-state index in [9.17, 15) is 9.90 Å². The molecule has 1 aliphatic rings. The predicted molar refractivity (Wildman–Crippen MR) is 85.1 cm³/mol. The maximum absolute atomic E-state index is 12.0. The lowest BCUT2D eigenvalue weighted by Gasteiger charge is -2.12. The Labute approximate surface area is 131 Å². The number of amides is 1. The minimum absolute atomic E-state index is 0. The molecule has 0 aromatic heterocycles. The number of aliphatic hydroxyl groups excluding tert-OH is 1. The molecule has 6 heteroatoms. The first-order chi connectivity index (χ1) is 9.69. The molecule has 1 amide bonds. The lowest BCUT2D eigenvalue weighted by molar-refractivity contribution is -0.117. The molecule has 0 spiro atoms. The molecule has 0 radical (unpaired) electrons. The lowest BCUT2D eigenvalue weighted by Crippen LogP contribution is -2.35. The molecule has 1 aromatic rings. The number of rotatable bonds is 6. The van der Waals surface area contributed by atoms with E-state index in [-0.39, 0.29) is 24.4 Å². The van der Waals surface area contributed by atoms with E-state index >= 15 is 0 Å². The van der Waals surface area contributed by atoms with Crippen LogP contribution in [0.4, 0.5) is 5.69 Å². The summed E-state index contributed by atoms with van der Waals surface area (Å²) >= 11 is 0. The van der Waals surface area contributed by atoms with Crippen LogP contribution in [0.2, 0.25) is 0 Å². The normalized spacial score (nSPS) is 20.7. The number of nitrogens with one attached hydrogen (secondary N) is 2. The van der Waals surface area contributed by atoms with Crippen LogP contribution >= 0.6 is 12.4 Å². The van der Waals surface area contributed by atoms with Crippen LogP contribution in [0.25, 0.3) is 0 Å². The maximum Gasteiger partial charge on any atom is 0.241 e. The molecule has 1 saturated heterocycles. The van der Waals surface area contributed by atoms with E-state index in [1.54, 1.807) is 0 Å².